The summed E-state index contributed by atoms with van der Waals surface area (Å²) in [4.78, 5) is 4.19. The number of nitrogens with one attached hydrogen (secondary N) is 2. The van der Waals surface area contributed by atoms with Gasteiger partial charge in [-0.3, -0.25) is 4.99 Å². The van der Waals surface area contributed by atoms with E-state index in [1.54, 1.807) is 7.05 Å². The number of ether oxygens (including phenoxy) is 2. The average Bonchev–Trinajstić information content (AvgIpc) is 3.38. The molecule has 1 aliphatic carbocycles. The molecule has 5 nitrogen and oxygen atoms in total. The zero-order valence-electron chi connectivity index (χ0n) is 13.7. The second kappa shape index (κ2) is 10.5. The van der Waals surface area contributed by atoms with Crippen molar-refractivity contribution in [3.05, 3.63) is 28.7 Å². The summed E-state index contributed by atoms with van der Waals surface area (Å²) in [6, 6.07) is 7.82. The summed E-state index contributed by atoms with van der Waals surface area (Å²) in [5.41, 5.74) is 0. The third kappa shape index (κ3) is 8.23. The number of nitrogens with zero attached hydrogens (tertiary/aromatic N) is 1. The van der Waals surface area contributed by atoms with Crippen molar-refractivity contribution >= 4 is 21.9 Å². The Balaban J connectivity index is 1.47. The first-order chi connectivity index (χ1) is 11.3. The normalized spacial score (nSPS) is 14.6. The van der Waals surface area contributed by atoms with Crippen LogP contribution >= 0.6 is 15.9 Å². The SMILES string of the molecule is CN=C(NCCCOCC1CC1)NCCOc1ccc(Br)cc1. The number of halogens is 1. The molecule has 0 unspecified atom stereocenters. The molecule has 6 heteroatoms. The fraction of sp³-hybridized carbons (Fsp3) is 0.588. The lowest BCUT2D eigenvalue weighted by atomic mass is 10.3. The molecule has 0 heterocycles. The first-order valence-corrected chi connectivity index (χ1v) is 8.98. The van der Waals surface area contributed by atoms with Gasteiger partial charge in [0.25, 0.3) is 0 Å². The molecule has 1 saturated carbocycles. The van der Waals surface area contributed by atoms with E-state index in [4.69, 9.17) is 9.47 Å². The Bertz CT molecular complexity index is 475. The Morgan fingerprint density at radius 2 is 1.91 bits per heavy atom. The van der Waals surface area contributed by atoms with Crippen LogP contribution in [0.2, 0.25) is 0 Å². The van der Waals surface area contributed by atoms with Crippen molar-refractivity contribution in [3.63, 3.8) is 0 Å². The predicted molar refractivity (Wildman–Crippen MR) is 97.2 cm³/mol. The number of hydrogen-bond acceptors (Lipinski definition) is 3. The summed E-state index contributed by atoms with van der Waals surface area (Å²) in [5, 5.41) is 6.51. The van der Waals surface area contributed by atoms with Crippen LogP contribution in [0.15, 0.2) is 33.7 Å². The van der Waals surface area contributed by atoms with Crippen molar-refractivity contribution in [1.82, 2.24) is 10.6 Å². The van der Waals surface area contributed by atoms with E-state index in [0.29, 0.717) is 13.2 Å². The maximum Gasteiger partial charge on any atom is 0.191 e. The van der Waals surface area contributed by atoms with Gasteiger partial charge in [0.05, 0.1) is 6.54 Å². The molecule has 0 radical (unpaired) electrons. The van der Waals surface area contributed by atoms with Crippen molar-refractivity contribution < 1.29 is 9.47 Å². The van der Waals surface area contributed by atoms with Crippen LogP contribution in [0.3, 0.4) is 0 Å². The van der Waals surface area contributed by atoms with E-state index in [2.05, 4.69) is 31.6 Å². The average molecular weight is 384 g/mol. The van der Waals surface area contributed by atoms with Crippen LogP contribution < -0.4 is 15.4 Å². The maximum atomic E-state index is 5.66. The number of rotatable bonds is 10. The van der Waals surface area contributed by atoms with Crippen molar-refractivity contribution in [2.24, 2.45) is 10.9 Å². The van der Waals surface area contributed by atoms with Gasteiger partial charge >= 0.3 is 0 Å². The lowest BCUT2D eigenvalue weighted by Crippen LogP contribution is -2.39. The molecule has 0 bridgehead atoms. The molecule has 0 saturated heterocycles. The van der Waals surface area contributed by atoms with Gasteiger partial charge in [-0.2, -0.15) is 0 Å². The zero-order chi connectivity index (χ0) is 16.3. The molecule has 1 aromatic carbocycles. The number of aliphatic imine (C=N–C) groups is 1. The monoisotopic (exact) mass is 383 g/mol. The smallest absolute Gasteiger partial charge is 0.191 e. The largest absolute Gasteiger partial charge is 0.492 e. The molecule has 0 amide bonds. The Morgan fingerprint density at radius 1 is 1.17 bits per heavy atom. The van der Waals surface area contributed by atoms with E-state index in [1.807, 2.05) is 24.3 Å². The zero-order valence-corrected chi connectivity index (χ0v) is 15.3. The van der Waals surface area contributed by atoms with Gasteiger partial charge in [-0.05, 0) is 49.4 Å². The van der Waals surface area contributed by atoms with Crippen LogP contribution in [0.5, 0.6) is 5.75 Å². The van der Waals surface area contributed by atoms with Gasteiger partial charge in [0.1, 0.15) is 12.4 Å². The summed E-state index contributed by atoms with van der Waals surface area (Å²) >= 11 is 3.40. The molecule has 0 spiro atoms. The molecule has 23 heavy (non-hydrogen) atoms. The molecule has 128 valence electrons. The predicted octanol–water partition coefficient (Wildman–Crippen LogP) is 2.81. The van der Waals surface area contributed by atoms with E-state index in [-0.39, 0.29) is 0 Å². The van der Waals surface area contributed by atoms with Gasteiger partial charge < -0.3 is 20.1 Å². The standard InChI is InChI=1S/C17H26BrN3O2/c1-19-17(20-9-2-11-22-13-14-3-4-14)21-10-12-23-16-7-5-15(18)6-8-16/h5-8,14H,2-4,9-13H2,1H3,(H2,19,20,21). The minimum atomic E-state index is 0.590. The highest BCUT2D eigenvalue weighted by atomic mass is 79.9. The lowest BCUT2D eigenvalue weighted by molar-refractivity contribution is 0.123. The first-order valence-electron chi connectivity index (χ1n) is 8.18. The second-order valence-corrected chi connectivity index (χ2v) is 6.52. The van der Waals surface area contributed by atoms with Crippen molar-refractivity contribution in [1.29, 1.82) is 0 Å². The molecule has 0 aromatic heterocycles. The minimum absolute atomic E-state index is 0.590. The highest BCUT2D eigenvalue weighted by Crippen LogP contribution is 2.28. The summed E-state index contributed by atoms with van der Waals surface area (Å²) in [6.07, 6.45) is 3.68. The Labute approximate surface area is 147 Å². The molecular formula is C17H26BrN3O2. The summed E-state index contributed by atoms with van der Waals surface area (Å²) in [6.45, 7) is 3.90. The van der Waals surface area contributed by atoms with Gasteiger partial charge in [-0.15, -0.1) is 0 Å². The minimum Gasteiger partial charge on any atom is -0.492 e. The Morgan fingerprint density at radius 3 is 2.61 bits per heavy atom. The van der Waals surface area contributed by atoms with Gasteiger partial charge in [-0.25, -0.2) is 0 Å². The molecular weight excluding hydrogens is 358 g/mol. The topological polar surface area (TPSA) is 54.9 Å². The Kier molecular flexibility index (Phi) is 8.25. The first kappa shape index (κ1) is 18.1. The van der Waals surface area contributed by atoms with E-state index in [1.165, 1.54) is 12.8 Å². The van der Waals surface area contributed by atoms with E-state index >= 15 is 0 Å². The fourth-order valence-corrected chi connectivity index (χ4v) is 2.27. The van der Waals surface area contributed by atoms with Gasteiger partial charge in [0.15, 0.2) is 5.96 Å². The summed E-state index contributed by atoms with van der Waals surface area (Å²) in [7, 11) is 1.77. The van der Waals surface area contributed by atoms with Crippen molar-refractivity contribution in [3.8, 4) is 5.75 Å². The molecule has 1 fully saturated rings. The van der Waals surface area contributed by atoms with Crippen molar-refractivity contribution in [2.75, 3.05) is 40.0 Å². The molecule has 0 atom stereocenters. The van der Waals surface area contributed by atoms with Crippen LogP contribution in [0.4, 0.5) is 0 Å². The van der Waals surface area contributed by atoms with E-state index in [9.17, 15) is 0 Å². The number of guanidine groups is 1. The van der Waals surface area contributed by atoms with Gasteiger partial charge in [0, 0.05) is 31.3 Å². The highest BCUT2D eigenvalue weighted by Gasteiger charge is 2.20. The summed E-state index contributed by atoms with van der Waals surface area (Å²) < 4.78 is 12.3. The molecule has 1 aliphatic rings. The number of hydrogen-bond donors (Lipinski definition) is 2. The van der Waals surface area contributed by atoms with Gasteiger partial charge in [-0.1, -0.05) is 15.9 Å². The third-order valence-corrected chi connectivity index (χ3v) is 4.04. The Hall–Kier alpha value is -1.27. The molecule has 0 aliphatic heterocycles. The number of benzene rings is 1. The third-order valence-electron chi connectivity index (χ3n) is 3.51. The van der Waals surface area contributed by atoms with Crippen LogP contribution in [-0.4, -0.2) is 45.9 Å². The van der Waals surface area contributed by atoms with Crippen LogP contribution in [-0.2, 0) is 4.74 Å². The van der Waals surface area contributed by atoms with Crippen LogP contribution in [0.25, 0.3) is 0 Å². The van der Waals surface area contributed by atoms with E-state index in [0.717, 1.165) is 48.3 Å². The van der Waals surface area contributed by atoms with E-state index < -0.39 is 0 Å². The second-order valence-electron chi connectivity index (χ2n) is 5.60. The quantitative estimate of drug-likeness (QED) is 0.370. The van der Waals surface area contributed by atoms with Crippen molar-refractivity contribution in [2.45, 2.75) is 19.3 Å². The van der Waals surface area contributed by atoms with Gasteiger partial charge in [0.2, 0.25) is 0 Å². The fourth-order valence-electron chi connectivity index (χ4n) is 2.01. The van der Waals surface area contributed by atoms with Crippen LogP contribution in [0.1, 0.15) is 19.3 Å². The lowest BCUT2D eigenvalue weighted by Gasteiger charge is -2.12. The maximum absolute atomic E-state index is 5.66. The molecule has 2 N–H and O–H groups in total. The highest BCUT2D eigenvalue weighted by molar-refractivity contribution is 9.10. The molecule has 2 rings (SSSR count). The molecule has 1 aromatic rings. The summed E-state index contributed by atoms with van der Waals surface area (Å²) in [5.74, 6) is 2.50. The van der Waals surface area contributed by atoms with Crippen LogP contribution in [0, 0.1) is 5.92 Å².